The smallest absolute Gasteiger partial charge is 0.224 e. The summed E-state index contributed by atoms with van der Waals surface area (Å²) in [5.41, 5.74) is 1.97. The summed E-state index contributed by atoms with van der Waals surface area (Å²) in [5, 5.41) is 13.7. The summed E-state index contributed by atoms with van der Waals surface area (Å²) in [6.07, 6.45) is 7.61. The van der Waals surface area contributed by atoms with Crippen molar-refractivity contribution in [2.45, 2.75) is 44.6 Å². The monoisotopic (exact) mass is 330 g/mol. The number of methoxy groups -OCH3 is 1. The molecule has 3 N–H and O–H groups in total. The van der Waals surface area contributed by atoms with Crippen molar-refractivity contribution in [1.82, 2.24) is 10.3 Å². The average molecular weight is 330 g/mol. The number of fused-ring (bicyclic) bond motifs is 1. The van der Waals surface area contributed by atoms with Crippen LogP contribution in [-0.4, -0.2) is 35.8 Å². The topological polar surface area (TPSA) is 74.4 Å². The highest BCUT2D eigenvalue weighted by molar-refractivity contribution is 5.89. The predicted molar refractivity (Wildman–Crippen MR) is 94.1 cm³/mol. The molecule has 1 heterocycles. The van der Waals surface area contributed by atoms with E-state index in [9.17, 15) is 9.90 Å². The highest BCUT2D eigenvalue weighted by Gasteiger charge is 2.24. The van der Waals surface area contributed by atoms with Crippen LogP contribution in [0.4, 0.5) is 0 Å². The molecule has 5 nitrogen and oxygen atoms in total. The summed E-state index contributed by atoms with van der Waals surface area (Å²) in [6, 6.07) is 5.91. The highest BCUT2D eigenvalue weighted by Crippen LogP contribution is 2.25. The summed E-state index contributed by atoms with van der Waals surface area (Å²) in [4.78, 5) is 15.7. The van der Waals surface area contributed by atoms with Gasteiger partial charge in [-0.2, -0.15) is 0 Å². The van der Waals surface area contributed by atoms with Gasteiger partial charge < -0.3 is 20.1 Å². The molecule has 0 aliphatic heterocycles. The van der Waals surface area contributed by atoms with Gasteiger partial charge in [-0.15, -0.1) is 0 Å². The largest absolute Gasteiger partial charge is 0.497 e. The zero-order chi connectivity index (χ0) is 16.9. The molecule has 1 aliphatic rings. The number of aliphatic hydroxyl groups is 1. The summed E-state index contributed by atoms with van der Waals surface area (Å²) >= 11 is 0. The maximum Gasteiger partial charge on any atom is 0.224 e. The number of aromatic amines is 1. The number of hydrogen-bond donors (Lipinski definition) is 3. The third-order valence-electron chi connectivity index (χ3n) is 5.07. The molecule has 1 aromatic carbocycles. The molecule has 1 aromatic heterocycles. The van der Waals surface area contributed by atoms with Crippen LogP contribution in [0, 0.1) is 5.92 Å². The Balaban J connectivity index is 1.70. The molecule has 1 saturated carbocycles. The Kier molecular flexibility index (Phi) is 5.41. The first-order chi connectivity index (χ1) is 11.7. The number of ether oxygens (including phenoxy) is 1. The summed E-state index contributed by atoms with van der Waals surface area (Å²) < 4.78 is 5.27. The van der Waals surface area contributed by atoms with Crippen molar-refractivity contribution in [3.63, 3.8) is 0 Å². The van der Waals surface area contributed by atoms with Gasteiger partial charge in [-0.1, -0.05) is 19.3 Å². The molecule has 0 bridgehead atoms. The fourth-order valence-electron chi connectivity index (χ4n) is 3.65. The van der Waals surface area contributed by atoms with Crippen molar-refractivity contribution in [3.8, 4) is 5.75 Å². The van der Waals surface area contributed by atoms with Crippen LogP contribution >= 0.6 is 0 Å². The van der Waals surface area contributed by atoms with Gasteiger partial charge >= 0.3 is 0 Å². The van der Waals surface area contributed by atoms with E-state index in [0.29, 0.717) is 6.42 Å². The molecule has 24 heavy (non-hydrogen) atoms. The van der Waals surface area contributed by atoms with Crippen LogP contribution in [-0.2, 0) is 11.2 Å². The summed E-state index contributed by atoms with van der Waals surface area (Å²) in [7, 11) is 1.64. The molecular weight excluding hydrogens is 304 g/mol. The Hall–Kier alpha value is -2.01. The van der Waals surface area contributed by atoms with E-state index in [1.165, 1.54) is 6.42 Å². The molecule has 1 amide bonds. The maximum absolute atomic E-state index is 12.5. The van der Waals surface area contributed by atoms with E-state index < -0.39 is 0 Å². The molecule has 1 fully saturated rings. The summed E-state index contributed by atoms with van der Waals surface area (Å²) in [5.74, 6) is 0.983. The normalized spacial score (nSPS) is 21.4. The van der Waals surface area contributed by atoms with E-state index in [1.807, 2.05) is 24.4 Å². The SMILES string of the molecule is COc1ccc2[nH]cc(CC(=O)NC3CCCCCC3CO)c2c1. The molecule has 3 rings (SSSR count). The number of aliphatic hydroxyl groups excluding tert-OH is 1. The molecular formula is C19H26N2O3. The van der Waals surface area contributed by atoms with Crippen LogP contribution in [0.2, 0.25) is 0 Å². The number of benzene rings is 1. The highest BCUT2D eigenvalue weighted by atomic mass is 16.5. The van der Waals surface area contributed by atoms with Gasteiger partial charge in [0, 0.05) is 35.7 Å². The minimum atomic E-state index is 0.0177. The van der Waals surface area contributed by atoms with Crippen molar-refractivity contribution in [2.24, 2.45) is 5.92 Å². The Labute approximate surface area is 142 Å². The fourth-order valence-corrected chi connectivity index (χ4v) is 3.65. The van der Waals surface area contributed by atoms with E-state index in [-0.39, 0.29) is 24.5 Å². The van der Waals surface area contributed by atoms with E-state index in [2.05, 4.69) is 10.3 Å². The number of rotatable bonds is 5. The second kappa shape index (κ2) is 7.71. The second-order valence-corrected chi connectivity index (χ2v) is 6.66. The van der Waals surface area contributed by atoms with Crippen LogP contribution in [0.15, 0.2) is 24.4 Å². The zero-order valence-electron chi connectivity index (χ0n) is 14.2. The van der Waals surface area contributed by atoms with Gasteiger partial charge in [-0.25, -0.2) is 0 Å². The number of amides is 1. The quantitative estimate of drug-likeness (QED) is 0.738. The minimum absolute atomic E-state index is 0.0177. The maximum atomic E-state index is 12.5. The Morgan fingerprint density at radius 1 is 1.33 bits per heavy atom. The van der Waals surface area contributed by atoms with Crippen molar-refractivity contribution < 1.29 is 14.6 Å². The fraction of sp³-hybridized carbons (Fsp3) is 0.526. The molecule has 5 heteroatoms. The molecule has 130 valence electrons. The van der Waals surface area contributed by atoms with Crippen molar-refractivity contribution >= 4 is 16.8 Å². The van der Waals surface area contributed by atoms with E-state index in [1.54, 1.807) is 7.11 Å². The lowest BCUT2D eigenvalue weighted by atomic mass is 9.95. The van der Waals surface area contributed by atoms with Crippen LogP contribution < -0.4 is 10.1 Å². The van der Waals surface area contributed by atoms with Crippen molar-refractivity contribution in [1.29, 1.82) is 0 Å². The molecule has 1 aliphatic carbocycles. The van der Waals surface area contributed by atoms with Gasteiger partial charge in [0.25, 0.3) is 0 Å². The molecule has 0 spiro atoms. The molecule has 2 atom stereocenters. The number of aromatic nitrogens is 1. The molecule has 2 unspecified atom stereocenters. The van der Waals surface area contributed by atoms with Crippen LogP contribution in [0.3, 0.4) is 0 Å². The Morgan fingerprint density at radius 2 is 2.17 bits per heavy atom. The first-order valence-corrected chi connectivity index (χ1v) is 8.75. The number of hydrogen-bond acceptors (Lipinski definition) is 3. The van der Waals surface area contributed by atoms with Gasteiger partial charge in [0.1, 0.15) is 5.75 Å². The first kappa shape index (κ1) is 16.8. The van der Waals surface area contributed by atoms with Gasteiger partial charge in [-0.05, 0) is 36.6 Å². The zero-order valence-corrected chi connectivity index (χ0v) is 14.2. The lowest BCUT2D eigenvalue weighted by Crippen LogP contribution is -2.41. The standard InChI is InChI=1S/C19H26N2O3/c1-24-15-7-8-18-16(10-15)14(11-20-18)9-19(23)21-17-6-4-2-3-5-13(17)12-22/h7-8,10-11,13,17,20,22H,2-6,9,12H2,1H3,(H,21,23). The van der Waals surface area contributed by atoms with Gasteiger partial charge in [-0.3, -0.25) is 4.79 Å². The number of H-pyrrole nitrogens is 1. The van der Waals surface area contributed by atoms with Crippen LogP contribution in [0.1, 0.15) is 37.7 Å². The minimum Gasteiger partial charge on any atom is -0.497 e. The van der Waals surface area contributed by atoms with Gasteiger partial charge in [0.05, 0.1) is 13.5 Å². The van der Waals surface area contributed by atoms with Crippen molar-refractivity contribution in [3.05, 3.63) is 30.0 Å². The number of nitrogens with one attached hydrogen (secondary N) is 2. The van der Waals surface area contributed by atoms with E-state index in [4.69, 9.17) is 4.74 Å². The average Bonchev–Trinajstić information content (AvgIpc) is 2.84. The lowest BCUT2D eigenvalue weighted by molar-refractivity contribution is -0.121. The second-order valence-electron chi connectivity index (χ2n) is 6.66. The Morgan fingerprint density at radius 3 is 2.96 bits per heavy atom. The number of carbonyl (C=O) groups excluding carboxylic acids is 1. The summed E-state index contributed by atoms with van der Waals surface area (Å²) in [6.45, 7) is 0.148. The first-order valence-electron chi connectivity index (χ1n) is 8.75. The van der Waals surface area contributed by atoms with Crippen LogP contribution in [0.5, 0.6) is 5.75 Å². The van der Waals surface area contributed by atoms with Crippen LogP contribution in [0.25, 0.3) is 10.9 Å². The molecule has 0 radical (unpaired) electrons. The van der Waals surface area contributed by atoms with Crippen molar-refractivity contribution in [2.75, 3.05) is 13.7 Å². The number of carbonyl (C=O) groups is 1. The molecule has 0 saturated heterocycles. The predicted octanol–water partition coefficient (Wildman–Crippen LogP) is 2.78. The van der Waals surface area contributed by atoms with Gasteiger partial charge in [0.15, 0.2) is 0 Å². The molecule has 2 aromatic rings. The third kappa shape index (κ3) is 3.73. The Bertz CT molecular complexity index is 695. The van der Waals surface area contributed by atoms with E-state index >= 15 is 0 Å². The van der Waals surface area contributed by atoms with E-state index in [0.717, 1.165) is 47.9 Å². The third-order valence-corrected chi connectivity index (χ3v) is 5.07. The lowest BCUT2D eigenvalue weighted by Gasteiger charge is -2.24. The van der Waals surface area contributed by atoms with Gasteiger partial charge in [0.2, 0.25) is 5.91 Å².